The highest BCUT2D eigenvalue weighted by molar-refractivity contribution is 7.94. The van der Waals surface area contributed by atoms with Gasteiger partial charge in [-0.2, -0.15) is 0 Å². The van der Waals surface area contributed by atoms with Gasteiger partial charge in [-0.05, 0) is 30.2 Å². The van der Waals surface area contributed by atoms with E-state index in [1.165, 1.54) is 18.2 Å². The van der Waals surface area contributed by atoms with Crippen LogP contribution in [0.5, 0.6) is 0 Å². The molecular weight excluding hydrogens is 317 g/mol. The molecule has 0 atom stereocenters. The van der Waals surface area contributed by atoms with Gasteiger partial charge in [-0.25, -0.2) is 8.42 Å². The fourth-order valence-electron chi connectivity index (χ4n) is 1.70. The van der Waals surface area contributed by atoms with Crippen LogP contribution in [0.3, 0.4) is 0 Å². The molecular formula is C14H12Cl2NO2S-. The van der Waals surface area contributed by atoms with Crippen molar-refractivity contribution in [2.45, 2.75) is 18.2 Å². The lowest BCUT2D eigenvalue weighted by Crippen LogP contribution is -1.99. The summed E-state index contributed by atoms with van der Waals surface area (Å²) in [5.41, 5.74) is 1.39. The molecule has 0 heterocycles. The van der Waals surface area contributed by atoms with Gasteiger partial charge in [0.2, 0.25) is 0 Å². The minimum Gasteiger partial charge on any atom is -0.573 e. The summed E-state index contributed by atoms with van der Waals surface area (Å²) in [6.45, 7) is 1.99. The van der Waals surface area contributed by atoms with E-state index in [2.05, 4.69) is 4.72 Å². The summed E-state index contributed by atoms with van der Waals surface area (Å²) in [5.74, 6) is 0. The lowest BCUT2D eigenvalue weighted by atomic mass is 10.1. The highest BCUT2D eigenvalue weighted by Crippen LogP contribution is 2.33. The third kappa shape index (κ3) is 3.45. The summed E-state index contributed by atoms with van der Waals surface area (Å²) in [7, 11) is -3.88. The second kappa shape index (κ2) is 6.04. The monoisotopic (exact) mass is 328 g/mol. The van der Waals surface area contributed by atoms with E-state index in [1.54, 1.807) is 18.2 Å². The average molecular weight is 329 g/mol. The molecule has 0 aliphatic carbocycles. The first-order valence-corrected chi connectivity index (χ1v) is 8.14. The molecule has 0 bridgehead atoms. The van der Waals surface area contributed by atoms with Crippen molar-refractivity contribution in [2.24, 2.45) is 0 Å². The van der Waals surface area contributed by atoms with E-state index in [0.717, 1.165) is 12.0 Å². The van der Waals surface area contributed by atoms with Crippen molar-refractivity contribution in [1.82, 2.24) is 0 Å². The quantitative estimate of drug-likeness (QED) is 0.797. The first-order chi connectivity index (χ1) is 9.42. The Labute approximate surface area is 128 Å². The molecule has 0 N–H and O–H groups in total. The number of sulfonamides is 1. The number of aryl methyl sites for hydroxylation is 1. The Hall–Kier alpha value is -1.23. The van der Waals surface area contributed by atoms with Gasteiger partial charge in [-0.3, -0.25) is 0 Å². The Morgan fingerprint density at radius 3 is 2.55 bits per heavy atom. The molecule has 0 saturated carbocycles. The lowest BCUT2D eigenvalue weighted by Gasteiger charge is -2.23. The molecule has 2 aromatic rings. The van der Waals surface area contributed by atoms with E-state index < -0.39 is 10.0 Å². The number of nitrogens with zero attached hydrogens (tertiary/aromatic N) is 1. The second-order valence-corrected chi connectivity index (χ2v) is 6.58. The second-order valence-electron chi connectivity index (χ2n) is 4.16. The van der Waals surface area contributed by atoms with Crippen molar-refractivity contribution < 1.29 is 8.42 Å². The van der Waals surface area contributed by atoms with Gasteiger partial charge < -0.3 is 4.72 Å². The maximum absolute atomic E-state index is 12.3. The van der Waals surface area contributed by atoms with Gasteiger partial charge in [0.25, 0.3) is 0 Å². The summed E-state index contributed by atoms with van der Waals surface area (Å²) in [6.07, 6.45) is 0.807. The summed E-state index contributed by atoms with van der Waals surface area (Å²) in [4.78, 5) is -0.0893. The van der Waals surface area contributed by atoms with Crippen molar-refractivity contribution in [3.05, 3.63) is 62.8 Å². The molecule has 20 heavy (non-hydrogen) atoms. The topological polar surface area (TPSA) is 48.2 Å². The number of rotatable bonds is 4. The molecule has 3 nitrogen and oxygen atoms in total. The molecule has 0 aromatic heterocycles. The molecule has 0 saturated heterocycles. The first-order valence-electron chi connectivity index (χ1n) is 5.94. The molecule has 2 aromatic carbocycles. The fraction of sp³-hybridized carbons (Fsp3) is 0.143. The van der Waals surface area contributed by atoms with Crippen LogP contribution in [-0.2, 0) is 16.4 Å². The fourth-order valence-corrected chi connectivity index (χ4v) is 3.42. The van der Waals surface area contributed by atoms with E-state index in [4.69, 9.17) is 23.2 Å². The zero-order valence-corrected chi connectivity index (χ0v) is 13.0. The van der Waals surface area contributed by atoms with Gasteiger partial charge >= 0.3 is 0 Å². The van der Waals surface area contributed by atoms with E-state index in [9.17, 15) is 8.42 Å². The van der Waals surface area contributed by atoms with Crippen LogP contribution in [0.1, 0.15) is 12.5 Å². The highest BCUT2D eigenvalue weighted by Gasteiger charge is 2.10. The summed E-state index contributed by atoms with van der Waals surface area (Å²) in [5, 5.41) is 0.398. The van der Waals surface area contributed by atoms with E-state index in [1.807, 2.05) is 13.0 Å². The standard InChI is InChI=1S/C14H12Cl2NO2S/c1-2-10-4-3-5-12(8-10)17-20(18,19)14-9-11(15)6-7-13(14)16/h3-9H,2H2,1H3/q-1. The maximum Gasteiger partial charge on any atom is 0.124 e. The smallest absolute Gasteiger partial charge is 0.124 e. The summed E-state index contributed by atoms with van der Waals surface area (Å²) >= 11 is 11.7. The largest absolute Gasteiger partial charge is 0.573 e. The number of benzene rings is 2. The zero-order valence-electron chi connectivity index (χ0n) is 10.7. The summed E-state index contributed by atoms with van der Waals surface area (Å²) < 4.78 is 28.3. The molecule has 0 radical (unpaired) electrons. The molecule has 6 heteroatoms. The van der Waals surface area contributed by atoms with Crippen LogP contribution >= 0.6 is 23.2 Å². The van der Waals surface area contributed by atoms with Gasteiger partial charge in [0.1, 0.15) is 10.0 Å². The van der Waals surface area contributed by atoms with Crippen molar-refractivity contribution in [2.75, 3.05) is 0 Å². The third-order valence-electron chi connectivity index (χ3n) is 2.72. The van der Waals surface area contributed by atoms with Crippen LogP contribution in [0.4, 0.5) is 5.69 Å². The van der Waals surface area contributed by atoms with E-state index in [-0.39, 0.29) is 9.92 Å². The van der Waals surface area contributed by atoms with Gasteiger partial charge in [-0.15, -0.1) is 5.69 Å². The van der Waals surface area contributed by atoms with E-state index in [0.29, 0.717) is 10.7 Å². The minimum absolute atomic E-state index is 0.0893. The predicted molar refractivity (Wildman–Crippen MR) is 82.5 cm³/mol. The molecule has 0 aliphatic rings. The SMILES string of the molecule is CCc1cccc([N-]S(=O)(=O)c2cc(Cl)ccc2Cl)c1. The Kier molecular flexibility index (Phi) is 4.58. The molecule has 0 spiro atoms. The van der Waals surface area contributed by atoms with Crippen LogP contribution in [-0.4, -0.2) is 8.42 Å². The zero-order chi connectivity index (χ0) is 14.8. The molecule has 106 valence electrons. The minimum atomic E-state index is -3.88. The van der Waals surface area contributed by atoms with E-state index >= 15 is 0 Å². The number of halogens is 2. The summed E-state index contributed by atoms with van der Waals surface area (Å²) in [6, 6.07) is 11.3. The average Bonchev–Trinajstić information content (AvgIpc) is 2.41. The third-order valence-corrected chi connectivity index (χ3v) is 4.74. The Morgan fingerprint density at radius 1 is 1.10 bits per heavy atom. The normalized spacial score (nSPS) is 11.3. The van der Waals surface area contributed by atoms with Crippen LogP contribution in [0.25, 0.3) is 4.72 Å². The molecule has 0 amide bonds. The number of hydrogen-bond acceptors (Lipinski definition) is 2. The Bertz CT molecular complexity index is 730. The highest BCUT2D eigenvalue weighted by atomic mass is 35.5. The van der Waals surface area contributed by atoms with Crippen LogP contribution in [0.2, 0.25) is 10.0 Å². The maximum atomic E-state index is 12.3. The van der Waals surface area contributed by atoms with Crippen LogP contribution in [0, 0.1) is 0 Å². The lowest BCUT2D eigenvalue weighted by molar-refractivity contribution is 0.603. The van der Waals surface area contributed by atoms with Crippen LogP contribution in [0.15, 0.2) is 47.4 Å². The molecule has 0 aliphatic heterocycles. The van der Waals surface area contributed by atoms with Gasteiger partial charge in [-0.1, -0.05) is 54.4 Å². The van der Waals surface area contributed by atoms with Crippen LogP contribution < -0.4 is 0 Å². The molecule has 0 unspecified atom stereocenters. The van der Waals surface area contributed by atoms with Gasteiger partial charge in [0.15, 0.2) is 0 Å². The Balaban J connectivity index is 2.38. The van der Waals surface area contributed by atoms with Crippen molar-refractivity contribution in [3.8, 4) is 0 Å². The predicted octanol–water partition coefficient (Wildman–Crippen LogP) is 4.95. The van der Waals surface area contributed by atoms with Crippen molar-refractivity contribution in [1.29, 1.82) is 0 Å². The Morgan fingerprint density at radius 2 is 1.85 bits per heavy atom. The number of hydrogen-bond donors (Lipinski definition) is 0. The molecule has 0 fully saturated rings. The van der Waals surface area contributed by atoms with Gasteiger partial charge in [0, 0.05) is 5.02 Å². The molecule has 2 rings (SSSR count). The van der Waals surface area contributed by atoms with Crippen molar-refractivity contribution >= 4 is 38.9 Å². The van der Waals surface area contributed by atoms with Crippen molar-refractivity contribution in [3.63, 3.8) is 0 Å². The first kappa shape index (κ1) is 15.2. The van der Waals surface area contributed by atoms with Gasteiger partial charge in [0.05, 0.1) is 9.92 Å².